The SMILES string of the molecule is CC(C)Oc1ccccc1NCc1ccc(N)cc1. The Hall–Kier alpha value is -2.16. The summed E-state index contributed by atoms with van der Waals surface area (Å²) < 4.78 is 5.77. The summed E-state index contributed by atoms with van der Waals surface area (Å²) in [5, 5.41) is 3.39. The van der Waals surface area contributed by atoms with Gasteiger partial charge >= 0.3 is 0 Å². The lowest BCUT2D eigenvalue weighted by Crippen LogP contribution is -2.08. The highest BCUT2D eigenvalue weighted by Gasteiger charge is 2.04. The first-order chi connectivity index (χ1) is 9.15. The number of ether oxygens (including phenoxy) is 1. The average Bonchev–Trinajstić information content (AvgIpc) is 2.39. The van der Waals surface area contributed by atoms with E-state index in [0.717, 1.165) is 23.7 Å². The van der Waals surface area contributed by atoms with Crippen molar-refractivity contribution in [1.29, 1.82) is 0 Å². The lowest BCUT2D eigenvalue weighted by atomic mass is 10.2. The second-order valence-corrected chi connectivity index (χ2v) is 4.76. The van der Waals surface area contributed by atoms with Gasteiger partial charge in [-0.05, 0) is 43.7 Å². The molecule has 3 N–H and O–H groups in total. The predicted octanol–water partition coefficient (Wildman–Crippen LogP) is 3.67. The maximum absolute atomic E-state index is 5.77. The molecule has 3 heteroatoms. The highest BCUT2D eigenvalue weighted by atomic mass is 16.5. The quantitative estimate of drug-likeness (QED) is 0.802. The molecule has 0 aliphatic heterocycles. The summed E-state index contributed by atoms with van der Waals surface area (Å²) in [7, 11) is 0. The van der Waals surface area contributed by atoms with Gasteiger partial charge in [-0.3, -0.25) is 0 Å². The Kier molecular flexibility index (Phi) is 4.29. The van der Waals surface area contributed by atoms with Crippen molar-refractivity contribution in [2.24, 2.45) is 0 Å². The van der Waals surface area contributed by atoms with Crippen molar-refractivity contribution in [2.45, 2.75) is 26.5 Å². The van der Waals surface area contributed by atoms with Crippen LogP contribution in [-0.4, -0.2) is 6.10 Å². The minimum absolute atomic E-state index is 0.166. The number of rotatable bonds is 5. The molecule has 0 bridgehead atoms. The van der Waals surface area contributed by atoms with Crippen LogP contribution in [0, 0.1) is 0 Å². The normalized spacial score (nSPS) is 10.5. The van der Waals surface area contributed by atoms with Gasteiger partial charge in [0.2, 0.25) is 0 Å². The Morgan fingerprint density at radius 2 is 1.74 bits per heavy atom. The van der Waals surface area contributed by atoms with Crippen molar-refractivity contribution >= 4 is 11.4 Å². The molecule has 2 aromatic carbocycles. The molecule has 0 radical (unpaired) electrons. The molecular formula is C16H20N2O. The number of nitrogens with two attached hydrogens (primary N) is 1. The third-order valence-electron chi connectivity index (χ3n) is 2.71. The summed E-state index contributed by atoms with van der Waals surface area (Å²) >= 11 is 0. The van der Waals surface area contributed by atoms with E-state index in [1.807, 2.05) is 62.4 Å². The van der Waals surface area contributed by atoms with E-state index in [4.69, 9.17) is 10.5 Å². The smallest absolute Gasteiger partial charge is 0.142 e. The first-order valence-corrected chi connectivity index (χ1v) is 6.49. The Bertz CT molecular complexity index is 521. The molecule has 3 nitrogen and oxygen atoms in total. The van der Waals surface area contributed by atoms with Gasteiger partial charge < -0.3 is 15.8 Å². The maximum atomic E-state index is 5.77. The average molecular weight is 256 g/mol. The number of para-hydroxylation sites is 2. The van der Waals surface area contributed by atoms with Crippen molar-refractivity contribution in [3.8, 4) is 5.75 Å². The van der Waals surface area contributed by atoms with Crippen molar-refractivity contribution in [2.75, 3.05) is 11.1 Å². The van der Waals surface area contributed by atoms with Gasteiger partial charge in [0.05, 0.1) is 11.8 Å². The first kappa shape index (κ1) is 13.3. The molecule has 0 saturated carbocycles. The molecule has 0 saturated heterocycles. The number of nitrogen functional groups attached to an aromatic ring is 1. The highest BCUT2D eigenvalue weighted by molar-refractivity contribution is 5.56. The number of nitrogens with one attached hydrogen (secondary N) is 1. The minimum Gasteiger partial charge on any atom is -0.489 e. The van der Waals surface area contributed by atoms with E-state index in [1.165, 1.54) is 5.56 Å². The monoisotopic (exact) mass is 256 g/mol. The van der Waals surface area contributed by atoms with Gasteiger partial charge in [-0.25, -0.2) is 0 Å². The summed E-state index contributed by atoms with van der Waals surface area (Å²) in [6, 6.07) is 15.8. The number of hydrogen-bond acceptors (Lipinski definition) is 3. The van der Waals surface area contributed by atoms with Crippen LogP contribution >= 0.6 is 0 Å². The van der Waals surface area contributed by atoms with Crippen LogP contribution in [0.1, 0.15) is 19.4 Å². The molecule has 2 aromatic rings. The molecule has 0 spiro atoms. The summed E-state index contributed by atoms with van der Waals surface area (Å²) in [4.78, 5) is 0. The maximum Gasteiger partial charge on any atom is 0.142 e. The fraction of sp³-hybridized carbons (Fsp3) is 0.250. The van der Waals surface area contributed by atoms with Crippen molar-refractivity contribution < 1.29 is 4.74 Å². The predicted molar refractivity (Wildman–Crippen MR) is 80.4 cm³/mol. The molecule has 0 fully saturated rings. The molecule has 0 heterocycles. The van der Waals surface area contributed by atoms with Crippen LogP contribution < -0.4 is 15.8 Å². The molecule has 0 atom stereocenters. The van der Waals surface area contributed by atoms with Crippen LogP contribution in [-0.2, 0) is 6.54 Å². The fourth-order valence-electron chi connectivity index (χ4n) is 1.80. The van der Waals surface area contributed by atoms with Crippen molar-refractivity contribution in [1.82, 2.24) is 0 Å². The summed E-state index contributed by atoms with van der Waals surface area (Å²) in [6.07, 6.45) is 0.166. The Morgan fingerprint density at radius 1 is 1.05 bits per heavy atom. The highest BCUT2D eigenvalue weighted by Crippen LogP contribution is 2.25. The molecule has 19 heavy (non-hydrogen) atoms. The van der Waals surface area contributed by atoms with Gasteiger partial charge in [0.15, 0.2) is 0 Å². The van der Waals surface area contributed by atoms with Crippen LogP contribution in [0.2, 0.25) is 0 Å². The van der Waals surface area contributed by atoms with Gasteiger partial charge in [-0.1, -0.05) is 24.3 Å². The molecule has 0 aliphatic rings. The zero-order chi connectivity index (χ0) is 13.7. The molecule has 0 unspecified atom stereocenters. The molecular weight excluding hydrogens is 236 g/mol. The second-order valence-electron chi connectivity index (χ2n) is 4.76. The first-order valence-electron chi connectivity index (χ1n) is 6.49. The zero-order valence-electron chi connectivity index (χ0n) is 11.4. The topological polar surface area (TPSA) is 47.3 Å². The Balaban J connectivity index is 2.04. The number of benzene rings is 2. The lowest BCUT2D eigenvalue weighted by molar-refractivity contribution is 0.243. The molecule has 100 valence electrons. The standard InChI is InChI=1S/C16H20N2O/c1-12(2)19-16-6-4-3-5-15(16)18-11-13-7-9-14(17)10-8-13/h3-10,12,18H,11,17H2,1-2H3. The van der Waals surface area contributed by atoms with Crippen LogP contribution in [0.3, 0.4) is 0 Å². The van der Waals surface area contributed by atoms with Gasteiger partial charge in [0.1, 0.15) is 5.75 Å². The molecule has 0 amide bonds. The number of hydrogen-bond donors (Lipinski definition) is 2. The van der Waals surface area contributed by atoms with Crippen LogP contribution in [0.4, 0.5) is 11.4 Å². The minimum atomic E-state index is 0.166. The van der Waals surface area contributed by atoms with E-state index >= 15 is 0 Å². The van der Waals surface area contributed by atoms with Crippen LogP contribution in [0.15, 0.2) is 48.5 Å². The molecule has 0 aliphatic carbocycles. The largest absolute Gasteiger partial charge is 0.489 e. The van der Waals surface area contributed by atoms with E-state index in [9.17, 15) is 0 Å². The molecule has 0 aromatic heterocycles. The third-order valence-corrected chi connectivity index (χ3v) is 2.71. The second kappa shape index (κ2) is 6.14. The van der Waals surface area contributed by atoms with Crippen LogP contribution in [0.25, 0.3) is 0 Å². The Morgan fingerprint density at radius 3 is 2.42 bits per heavy atom. The zero-order valence-corrected chi connectivity index (χ0v) is 11.4. The van der Waals surface area contributed by atoms with Gasteiger partial charge in [-0.15, -0.1) is 0 Å². The van der Waals surface area contributed by atoms with Gasteiger partial charge in [0, 0.05) is 12.2 Å². The fourth-order valence-corrected chi connectivity index (χ4v) is 1.80. The van der Waals surface area contributed by atoms with E-state index in [0.29, 0.717) is 0 Å². The third kappa shape index (κ3) is 3.91. The van der Waals surface area contributed by atoms with Gasteiger partial charge in [-0.2, -0.15) is 0 Å². The summed E-state index contributed by atoms with van der Waals surface area (Å²) in [6.45, 7) is 4.80. The Labute approximate surface area is 114 Å². The van der Waals surface area contributed by atoms with Crippen molar-refractivity contribution in [3.05, 3.63) is 54.1 Å². The summed E-state index contributed by atoms with van der Waals surface area (Å²) in [5.74, 6) is 0.882. The van der Waals surface area contributed by atoms with E-state index < -0.39 is 0 Å². The lowest BCUT2D eigenvalue weighted by Gasteiger charge is -2.15. The molecule has 2 rings (SSSR count). The van der Waals surface area contributed by atoms with Crippen molar-refractivity contribution in [3.63, 3.8) is 0 Å². The van der Waals surface area contributed by atoms with Crippen LogP contribution in [0.5, 0.6) is 5.75 Å². The van der Waals surface area contributed by atoms with E-state index in [2.05, 4.69) is 5.32 Å². The number of anilines is 2. The summed E-state index contributed by atoms with van der Waals surface area (Å²) in [5.41, 5.74) is 8.65. The van der Waals surface area contributed by atoms with E-state index in [-0.39, 0.29) is 6.10 Å². The van der Waals surface area contributed by atoms with E-state index in [1.54, 1.807) is 0 Å². The van der Waals surface area contributed by atoms with Gasteiger partial charge in [0.25, 0.3) is 0 Å².